The molecule has 0 saturated carbocycles. The Labute approximate surface area is 162 Å². The van der Waals surface area contributed by atoms with Crippen molar-refractivity contribution in [2.45, 2.75) is 32.7 Å². The molecule has 1 amide bonds. The molecule has 1 N–H and O–H groups in total. The van der Waals surface area contributed by atoms with Crippen molar-refractivity contribution in [1.82, 2.24) is 9.97 Å². The molecule has 1 aliphatic heterocycles. The quantitative estimate of drug-likeness (QED) is 0.741. The smallest absolute Gasteiger partial charge is 0.247 e. The first-order valence-electron chi connectivity index (χ1n) is 9.00. The van der Waals surface area contributed by atoms with Gasteiger partial charge < -0.3 is 15.0 Å². The monoisotopic (exact) mass is 382 g/mol. The number of nitrogens with zero attached hydrogens (tertiary/aromatic N) is 3. The van der Waals surface area contributed by atoms with Gasteiger partial charge in [-0.1, -0.05) is 6.07 Å². The molecule has 3 heterocycles. The minimum Gasteiger partial charge on any atom is -0.495 e. The number of aryl methyl sites for hydroxylation is 2. The second-order valence-electron chi connectivity index (χ2n) is 6.82. The van der Waals surface area contributed by atoms with E-state index in [0.717, 1.165) is 41.0 Å². The summed E-state index contributed by atoms with van der Waals surface area (Å²) in [5, 5.41) is 4.07. The lowest BCUT2D eigenvalue weighted by atomic mass is 10.1. The third-order valence-electron chi connectivity index (χ3n) is 4.87. The average Bonchev–Trinajstić information content (AvgIpc) is 3.27. The van der Waals surface area contributed by atoms with Crippen LogP contribution in [-0.4, -0.2) is 35.6 Å². The fraction of sp³-hybridized carbons (Fsp3) is 0.350. The molecule has 1 aliphatic rings. The molecule has 140 valence electrons. The Kier molecular flexibility index (Phi) is 4.70. The molecular weight excluding hydrogens is 360 g/mol. The van der Waals surface area contributed by atoms with Gasteiger partial charge in [0.25, 0.3) is 0 Å². The lowest BCUT2D eigenvalue weighted by Crippen LogP contribution is -2.40. The summed E-state index contributed by atoms with van der Waals surface area (Å²) < 4.78 is 5.39. The maximum Gasteiger partial charge on any atom is 0.247 e. The number of nitrogens with one attached hydrogen (secondary N) is 1. The number of rotatable bonds is 4. The number of carbonyl (C=O) groups excluding carboxylic acids is 1. The lowest BCUT2D eigenvalue weighted by molar-refractivity contribution is -0.117. The SMILES string of the molecule is COc1ccc(C)cc1NC(=O)C1CCCN1c1ncnc2sc(C)cc12. The Morgan fingerprint density at radius 3 is 2.96 bits per heavy atom. The van der Waals surface area contributed by atoms with Crippen LogP contribution in [0.5, 0.6) is 5.75 Å². The molecule has 1 fully saturated rings. The van der Waals surface area contributed by atoms with Crippen molar-refractivity contribution >= 4 is 39.0 Å². The van der Waals surface area contributed by atoms with Crippen LogP contribution in [0.4, 0.5) is 11.5 Å². The largest absolute Gasteiger partial charge is 0.495 e. The highest BCUT2D eigenvalue weighted by atomic mass is 32.1. The zero-order valence-corrected chi connectivity index (χ0v) is 16.5. The van der Waals surface area contributed by atoms with Crippen molar-refractivity contribution in [3.8, 4) is 5.75 Å². The van der Waals surface area contributed by atoms with Crippen LogP contribution in [-0.2, 0) is 4.79 Å². The summed E-state index contributed by atoms with van der Waals surface area (Å²) in [4.78, 5) is 26.2. The van der Waals surface area contributed by atoms with Gasteiger partial charge in [0.1, 0.15) is 28.8 Å². The predicted molar refractivity (Wildman–Crippen MR) is 109 cm³/mol. The van der Waals surface area contributed by atoms with Gasteiger partial charge >= 0.3 is 0 Å². The highest BCUT2D eigenvalue weighted by molar-refractivity contribution is 7.18. The second kappa shape index (κ2) is 7.15. The number of ether oxygens (including phenoxy) is 1. The van der Waals surface area contributed by atoms with Crippen LogP contribution < -0.4 is 15.0 Å². The number of amides is 1. The van der Waals surface area contributed by atoms with Crippen LogP contribution in [0.15, 0.2) is 30.6 Å². The third-order valence-corrected chi connectivity index (χ3v) is 5.83. The van der Waals surface area contributed by atoms with E-state index in [-0.39, 0.29) is 11.9 Å². The van der Waals surface area contributed by atoms with E-state index < -0.39 is 0 Å². The first-order valence-corrected chi connectivity index (χ1v) is 9.82. The Morgan fingerprint density at radius 2 is 2.15 bits per heavy atom. The van der Waals surface area contributed by atoms with Crippen molar-refractivity contribution in [3.63, 3.8) is 0 Å². The summed E-state index contributed by atoms with van der Waals surface area (Å²) in [5.74, 6) is 1.48. The van der Waals surface area contributed by atoms with Gasteiger partial charge in [-0.25, -0.2) is 9.97 Å². The van der Waals surface area contributed by atoms with E-state index in [4.69, 9.17) is 4.74 Å². The Bertz CT molecular complexity index is 1000. The molecule has 1 aromatic carbocycles. The molecule has 0 radical (unpaired) electrons. The molecule has 3 aromatic rings. The van der Waals surface area contributed by atoms with Crippen LogP contribution in [0.1, 0.15) is 23.3 Å². The zero-order valence-electron chi connectivity index (χ0n) is 15.7. The van der Waals surface area contributed by atoms with Crippen LogP contribution in [0.3, 0.4) is 0 Å². The van der Waals surface area contributed by atoms with E-state index in [9.17, 15) is 4.79 Å². The van der Waals surface area contributed by atoms with Gasteiger partial charge in [0.15, 0.2) is 0 Å². The van der Waals surface area contributed by atoms with Crippen LogP contribution >= 0.6 is 11.3 Å². The van der Waals surface area contributed by atoms with Crippen molar-refractivity contribution in [3.05, 3.63) is 41.0 Å². The Balaban J connectivity index is 1.63. The number of hydrogen-bond acceptors (Lipinski definition) is 6. The van der Waals surface area contributed by atoms with Gasteiger partial charge in [0.2, 0.25) is 5.91 Å². The van der Waals surface area contributed by atoms with Crippen molar-refractivity contribution in [2.75, 3.05) is 23.9 Å². The summed E-state index contributed by atoms with van der Waals surface area (Å²) in [7, 11) is 1.61. The van der Waals surface area contributed by atoms with E-state index in [2.05, 4.69) is 33.2 Å². The summed E-state index contributed by atoms with van der Waals surface area (Å²) in [6.07, 6.45) is 3.34. The lowest BCUT2D eigenvalue weighted by Gasteiger charge is -2.25. The van der Waals surface area contributed by atoms with Crippen LogP contribution in [0.2, 0.25) is 0 Å². The molecule has 0 aliphatic carbocycles. The number of thiophene rings is 1. The normalized spacial score (nSPS) is 16.7. The van der Waals surface area contributed by atoms with Crippen molar-refractivity contribution in [2.24, 2.45) is 0 Å². The van der Waals surface area contributed by atoms with Gasteiger partial charge in [-0.3, -0.25) is 4.79 Å². The summed E-state index contributed by atoms with van der Waals surface area (Å²) in [6.45, 7) is 4.87. The molecule has 0 spiro atoms. The number of anilines is 2. The molecule has 1 saturated heterocycles. The first-order chi connectivity index (χ1) is 13.1. The van der Waals surface area contributed by atoms with E-state index in [0.29, 0.717) is 11.4 Å². The first kappa shape index (κ1) is 17.7. The Morgan fingerprint density at radius 1 is 1.30 bits per heavy atom. The molecule has 1 unspecified atom stereocenters. The summed E-state index contributed by atoms with van der Waals surface area (Å²) in [5.41, 5.74) is 1.77. The van der Waals surface area contributed by atoms with E-state index in [1.165, 1.54) is 4.88 Å². The molecule has 27 heavy (non-hydrogen) atoms. The van der Waals surface area contributed by atoms with Crippen molar-refractivity contribution < 1.29 is 9.53 Å². The summed E-state index contributed by atoms with van der Waals surface area (Å²) in [6, 6.07) is 7.62. The fourth-order valence-corrected chi connectivity index (χ4v) is 4.46. The van der Waals surface area contributed by atoms with Crippen molar-refractivity contribution in [1.29, 1.82) is 0 Å². The molecular formula is C20H22N4O2S. The standard InChI is InChI=1S/C20H22N4O2S/c1-12-6-7-17(26-3)15(9-12)23-19(25)16-5-4-8-24(16)18-14-10-13(2)27-20(14)22-11-21-18/h6-7,9-11,16H,4-5,8H2,1-3H3,(H,23,25). The van der Waals surface area contributed by atoms with Gasteiger partial charge in [-0.2, -0.15) is 0 Å². The molecule has 4 rings (SSSR count). The van der Waals surface area contributed by atoms with Crippen LogP contribution in [0, 0.1) is 13.8 Å². The number of aromatic nitrogens is 2. The topological polar surface area (TPSA) is 67.3 Å². The molecule has 6 nitrogen and oxygen atoms in total. The van der Waals surface area contributed by atoms with E-state index in [1.54, 1.807) is 24.8 Å². The van der Waals surface area contributed by atoms with Crippen LogP contribution in [0.25, 0.3) is 10.2 Å². The van der Waals surface area contributed by atoms with Gasteiger partial charge in [0.05, 0.1) is 18.2 Å². The molecule has 2 aromatic heterocycles. The predicted octanol–water partition coefficient (Wildman–Crippen LogP) is 3.92. The van der Waals surface area contributed by atoms with E-state index in [1.807, 2.05) is 25.1 Å². The number of fused-ring (bicyclic) bond motifs is 1. The number of hydrogen-bond donors (Lipinski definition) is 1. The zero-order chi connectivity index (χ0) is 19.0. The maximum absolute atomic E-state index is 13.1. The van der Waals surface area contributed by atoms with Gasteiger partial charge in [-0.15, -0.1) is 11.3 Å². The highest BCUT2D eigenvalue weighted by Gasteiger charge is 2.33. The van der Waals surface area contributed by atoms with Gasteiger partial charge in [-0.05, 0) is 50.5 Å². The maximum atomic E-state index is 13.1. The van der Waals surface area contributed by atoms with E-state index >= 15 is 0 Å². The number of methoxy groups -OCH3 is 1. The highest BCUT2D eigenvalue weighted by Crippen LogP contribution is 2.34. The number of carbonyl (C=O) groups is 1. The minimum absolute atomic E-state index is 0.0323. The van der Waals surface area contributed by atoms with Gasteiger partial charge in [0, 0.05) is 11.4 Å². The molecule has 7 heteroatoms. The number of benzene rings is 1. The molecule has 0 bridgehead atoms. The summed E-state index contributed by atoms with van der Waals surface area (Å²) >= 11 is 1.65. The Hall–Kier alpha value is -2.67. The minimum atomic E-state index is -0.256. The third kappa shape index (κ3) is 3.35. The average molecular weight is 382 g/mol. The second-order valence-corrected chi connectivity index (χ2v) is 8.05. The fourth-order valence-electron chi connectivity index (χ4n) is 3.62. The molecule has 1 atom stereocenters.